The van der Waals surface area contributed by atoms with E-state index in [1.165, 1.54) is 36.4 Å². The number of aromatic nitrogens is 4. The van der Waals surface area contributed by atoms with Gasteiger partial charge in [-0.15, -0.1) is 0 Å². The van der Waals surface area contributed by atoms with Gasteiger partial charge in [-0.05, 0) is 18.2 Å². The Hall–Kier alpha value is -4.73. The van der Waals surface area contributed by atoms with E-state index in [4.69, 9.17) is 0 Å². The van der Waals surface area contributed by atoms with Crippen molar-refractivity contribution in [2.45, 2.75) is 0 Å². The van der Waals surface area contributed by atoms with Crippen molar-refractivity contribution < 1.29 is 20.4 Å². The molecule has 0 saturated heterocycles. The molecule has 10 nitrogen and oxygen atoms in total. The summed E-state index contributed by atoms with van der Waals surface area (Å²) in [5, 5.41) is 41.3. The lowest BCUT2D eigenvalue weighted by Crippen LogP contribution is -2.08. The number of phenols is 4. The molecule has 6 aromatic rings. The predicted octanol–water partition coefficient (Wildman–Crippen LogP) is 2.15. The van der Waals surface area contributed by atoms with Crippen molar-refractivity contribution in [3.63, 3.8) is 0 Å². The number of phenolic OH excluding ortho intramolecular Hbond substituents is 4. The van der Waals surface area contributed by atoms with Crippen LogP contribution in [0.2, 0.25) is 0 Å². The van der Waals surface area contributed by atoms with Gasteiger partial charge in [-0.2, -0.15) is 0 Å². The lowest BCUT2D eigenvalue weighted by Gasteiger charge is -2.16. The van der Waals surface area contributed by atoms with E-state index in [0.29, 0.717) is 44.1 Å². The summed E-state index contributed by atoms with van der Waals surface area (Å²) < 4.78 is 1.65. The van der Waals surface area contributed by atoms with Gasteiger partial charge in [-0.3, -0.25) is 14.0 Å². The molecule has 0 aliphatic carbocycles. The summed E-state index contributed by atoms with van der Waals surface area (Å²) in [5.41, 5.74) is 1.06. The van der Waals surface area contributed by atoms with E-state index in [2.05, 4.69) is 15.0 Å². The molecule has 0 aliphatic heterocycles. The van der Waals surface area contributed by atoms with E-state index in [9.17, 15) is 30.0 Å². The monoisotopic (exact) mass is 416 g/mol. The maximum atomic E-state index is 12.0. The van der Waals surface area contributed by atoms with Gasteiger partial charge >= 0.3 is 0 Å². The zero-order valence-electron chi connectivity index (χ0n) is 15.5. The third kappa shape index (κ3) is 2.18. The van der Waals surface area contributed by atoms with E-state index < -0.39 is 22.4 Å². The average molecular weight is 416 g/mol. The number of fused-ring (bicyclic) bond motifs is 6. The summed E-state index contributed by atoms with van der Waals surface area (Å²) in [5.74, 6) is -1.60. The number of H-pyrrole nitrogens is 2. The summed E-state index contributed by atoms with van der Waals surface area (Å²) in [6.07, 6.45) is 0. The molecule has 0 aliphatic rings. The van der Waals surface area contributed by atoms with Crippen LogP contribution in [0.5, 0.6) is 23.0 Å². The lowest BCUT2D eigenvalue weighted by atomic mass is 10.1. The summed E-state index contributed by atoms with van der Waals surface area (Å²) in [4.78, 5) is 34.9. The minimum Gasteiger partial charge on any atom is -0.504 e. The van der Waals surface area contributed by atoms with E-state index in [-0.39, 0.29) is 17.0 Å². The van der Waals surface area contributed by atoms with Crippen molar-refractivity contribution >= 4 is 49.7 Å². The Morgan fingerprint density at radius 1 is 0.645 bits per heavy atom. The Morgan fingerprint density at radius 2 is 1.19 bits per heavy atom. The van der Waals surface area contributed by atoms with Gasteiger partial charge in [0.1, 0.15) is 16.9 Å². The molecule has 0 unspecified atom stereocenters. The Balaban J connectivity index is 2.02. The molecule has 3 aromatic heterocycles. The fourth-order valence-electron chi connectivity index (χ4n) is 3.98. The minimum absolute atomic E-state index is 0.279. The number of aromatic amines is 2. The van der Waals surface area contributed by atoms with Crippen molar-refractivity contribution in [1.82, 2.24) is 19.4 Å². The first-order chi connectivity index (χ1) is 14.8. The molecule has 0 saturated carbocycles. The van der Waals surface area contributed by atoms with Gasteiger partial charge in [0.15, 0.2) is 23.0 Å². The molecule has 6 rings (SSSR count). The molecular formula is C21H12N4O6. The highest BCUT2D eigenvalue weighted by Crippen LogP contribution is 2.35. The van der Waals surface area contributed by atoms with Crippen LogP contribution < -0.4 is 10.9 Å². The third-order valence-corrected chi connectivity index (χ3v) is 5.43. The largest absolute Gasteiger partial charge is 0.504 e. The van der Waals surface area contributed by atoms with E-state index in [1.54, 1.807) is 4.40 Å². The van der Waals surface area contributed by atoms with Crippen LogP contribution in [0.15, 0.2) is 46.0 Å². The van der Waals surface area contributed by atoms with Gasteiger partial charge in [0.05, 0.1) is 16.6 Å². The number of hydrogen-bond acceptors (Lipinski definition) is 7. The minimum atomic E-state index is -0.605. The van der Waals surface area contributed by atoms with E-state index in [0.717, 1.165) is 0 Å². The molecule has 31 heavy (non-hydrogen) atoms. The first-order valence-electron chi connectivity index (χ1n) is 9.13. The Bertz CT molecular complexity index is 1860. The first-order valence-corrected chi connectivity index (χ1v) is 9.13. The van der Waals surface area contributed by atoms with Crippen molar-refractivity contribution in [3.05, 3.63) is 56.8 Å². The molecule has 0 fully saturated rings. The highest BCUT2D eigenvalue weighted by Gasteiger charge is 2.18. The van der Waals surface area contributed by atoms with Gasteiger partial charge in [0.2, 0.25) is 10.9 Å². The van der Waals surface area contributed by atoms with Crippen LogP contribution in [0.25, 0.3) is 49.7 Å². The van der Waals surface area contributed by atoms with Crippen molar-refractivity contribution in [3.8, 4) is 23.0 Å². The predicted molar refractivity (Wildman–Crippen MR) is 113 cm³/mol. The molecular weight excluding hydrogens is 404 g/mol. The van der Waals surface area contributed by atoms with Gasteiger partial charge in [0, 0.05) is 34.4 Å². The van der Waals surface area contributed by atoms with Crippen molar-refractivity contribution in [2.75, 3.05) is 0 Å². The molecule has 3 heterocycles. The molecule has 0 bridgehead atoms. The Kier molecular flexibility index (Phi) is 3.02. The zero-order chi connectivity index (χ0) is 21.6. The summed E-state index contributed by atoms with van der Waals surface area (Å²) in [6.45, 7) is 0. The maximum absolute atomic E-state index is 12.0. The molecule has 0 atom stereocenters. The molecule has 0 radical (unpaired) electrons. The summed E-state index contributed by atoms with van der Waals surface area (Å²) in [6, 6.07) is 7.68. The number of rotatable bonds is 0. The quantitative estimate of drug-likeness (QED) is 0.125. The van der Waals surface area contributed by atoms with E-state index >= 15 is 0 Å². The van der Waals surface area contributed by atoms with Crippen LogP contribution >= 0.6 is 0 Å². The zero-order valence-corrected chi connectivity index (χ0v) is 15.5. The van der Waals surface area contributed by atoms with Crippen LogP contribution in [0.1, 0.15) is 0 Å². The second-order valence-electron chi connectivity index (χ2n) is 7.31. The normalized spacial score (nSPS) is 12.0. The Morgan fingerprint density at radius 3 is 1.94 bits per heavy atom. The molecule has 0 amide bonds. The van der Waals surface area contributed by atoms with Crippen LogP contribution in [-0.4, -0.2) is 39.8 Å². The second-order valence-corrected chi connectivity index (χ2v) is 7.31. The number of hydrogen-bond donors (Lipinski definition) is 6. The third-order valence-electron chi connectivity index (χ3n) is 5.43. The number of benzene rings is 3. The first kappa shape index (κ1) is 17.2. The summed E-state index contributed by atoms with van der Waals surface area (Å²) >= 11 is 0. The van der Waals surface area contributed by atoms with Gasteiger partial charge < -0.3 is 30.4 Å². The smallest absolute Gasteiger partial charge is 0.222 e. The van der Waals surface area contributed by atoms with E-state index in [1.807, 2.05) is 0 Å². The fourth-order valence-corrected chi connectivity index (χ4v) is 3.98. The molecule has 6 N–H and O–H groups in total. The van der Waals surface area contributed by atoms with Crippen molar-refractivity contribution in [1.29, 1.82) is 0 Å². The molecule has 0 spiro atoms. The maximum Gasteiger partial charge on any atom is 0.222 e. The molecule has 152 valence electrons. The van der Waals surface area contributed by atoms with Crippen LogP contribution in [0.3, 0.4) is 0 Å². The number of aromatic hydroxyl groups is 4. The SMILES string of the molecule is O=c1cc2nc3c4cc(O)c(O)cc4[nH]c4c5cc(O)c(=O)cc5[nH]c(c2cc1O)n34. The van der Waals surface area contributed by atoms with Gasteiger partial charge in [0.25, 0.3) is 0 Å². The fraction of sp³-hybridized carbons (Fsp3) is 0. The molecule has 10 heteroatoms. The van der Waals surface area contributed by atoms with Gasteiger partial charge in [-0.25, -0.2) is 4.98 Å². The van der Waals surface area contributed by atoms with Crippen LogP contribution in [0.4, 0.5) is 0 Å². The molecule has 3 aromatic carbocycles. The highest BCUT2D eigenvalue weighted by atomic mass is 16.3. The lowest BCUT2D eigenvalue weighted by molar-refractivity contribution is 0.405. The highest BCUT2D eigenvalue weighted by molar-refractivity contribution is 6.07. The summed E-state index contributed by atoms with van der Waals surface area (Å²) in [7, 11) is 0. The Labute approximate surface area is 169 Å². The average Bonchev–Trinajstić information content (AvgIpc) is 2.72. The number of nitrogens with one attached hydrogen (secondary N) is 2. The van der Waals surface area contributed by atoms with Gasteiger partial charge in [-0.1, -0.05) is 0 Å². The van der Waals surface area contributed by atoms with Crippen LogP contribution in [0, 0.1) is 0 Å². The van der Waals surface area contributed by atoms with Crippen LogP contribution in [-0.2, 0) is 0 Å². The second kappa shape index (κ2) is 5.45. The topological polar surface area (TPSA) is 164 Å². The standard InChI is InChI=1S/C21H12N4O6/c26-13-1-7-10(4-16(13)29)22-20-9-3-15(28)18(31)6-12(9)24-21-8-2-14(27)17(30)5-11(8)23-19(7)25(20)21/h1-6,22-23,26-28,30H. The van der Waals surface area contributed by atoms with Crippen molar-refractivity contribution in [2.24, 2.45) is 0 Å². The number of nitrogens with zero attached hydrogens (tertiary/aromatic N) is 2.